The van der Waals surface area contributed by atoms with Crippen LogP contribution in [-0.4, -0.2) is 48.7 Å². The predicted octanol–water partition coefficient (Wildman–Crippen LogP) is 2.65. The second-order valence-corrected chi connectivity index (χ2v) is 7.08. The molecular weight excluding hydrogens is 347 g/mol. The number of hydrogen-bond acceptors (Lipinski definition) is 5. The smallest absolute Gasteiger partial charge is 0.251 e. The highest BCUT2D eigenvalue weighted by atomic mass is 19.1. The van der Waals surface area contributed by atoms with E-state index in [-0.39, 0.29) is 5.91 Å². The number of anilines is 1. The molecule has 142 valence electrons. The van der Waals surface area contributed by atoms with E-state index in [1.165, 1.54) is 6.20 Å². The van der Waals surface area contributed by atoms with Crippen LogP contribution >= 0.6 is 0 Å². The summed E-state index contributed by atoms with van der Waals surface area (Å²) in [7, 11) is 0. The van der Waals surface area contributed by atoms with Gasteiger partial charge in [-0.1, -0.05) is 12.1 Å². The molecule has 1 amide bonds. The van der Waals surface area contributed by atoms with Gasteiger partial charge in [0.05, 0.1) is 12.8 Å². The van der Waals surface area contributed by atoms with Gasteiger partial charge in [0, 0.05) is 43.3 Å². The summed E-state index contributed by atoms with van der Waals surface area (Å²) in [6, 6.07) is 7.10. The van der Waals surface area contributed by atoms with Gasteiger partial charge in [-0.3, -0.25) is 4.79 Å². The molecule has 2 aliphatic heterocycles. The third-order valence-corrected chi connectivity index (χ3v) is 5.11. The summed E-state index contributed by atoms with van der Waals surface area (Å²) < 4.78 is 19.4. The van der Waals surface area contributed by atoms with Crippen LogP contribution in [0.4, 0.5) is 10.2 Å². The van der Waals surface area contributed by atoms with Crippen LogP contribution in [0.2, 0.25) is 0 Å². The van der Waals surface area contributed by atoms with E-state index in [0.717, 1.165) is 44.5 Å². The van der Waals surface area contributed by atoms with E-state index in [9.17, 15) is 9.18 Å². The first-order valence-electron chi connectivity index (χ1n) is 9.44. The standard InChI is InChI=1S/C20H23FN4O2/c21-17-12-22-18(24-19(17)25-8-1-2-9-25)15-3-5-16(6-4-15)20(26)23-11-14-7-10-27-13-14/h3-6,12,14H,1-2,7-11,13H2,(H,23,26)/t14-/m1/s1. The minimum Gasteiger partial charge on any atom is -0.381 e. The van der Waals surface area contributed by atoms with Crippen LogP contribution in [0.1, 0.15) is 29.6 Å². The summed E-state index contributed by atoms with van der Waals surface area (Å²) in [6.45, 7) is 3.74. The number of halogens is 1. The van der Waals surface area contributed by atoms with Crippen molar-refractivity contribution in [3.05, 3.63) is 41.8 Å². The highest BCUT2D eigenvalue weighted by Crippen LogP contribution is 2.24. The molecule has 0 spiro atoms. The zero-order valence-electron chi connectivity index (χ0n) is 15.2. The molecule has 4 rings (SSSR count). The lowest BCUT2D eigenvalue weighted by Gasteiger charge is -2.17. The Morgan fingerprint density at radius 3 is 2.74 bits per heavy atom. The van der Waals surface area contributed by atoms with E-state index < -0.39 is 5.82 Å². The fraction of sp³-hybridized carbons (Fsp3) is 0.450. The van der Waals surface area contributed by atoms with E-state index in [0.29, 0.717) is 36.3 Å². The molecule has 1 N–H and O–H groups in total. The number of aromatic nitrogens is 2. The van der Waals surface area contributed by atoms with Crippen molar-refractivity contribution < 1.29 is 13.9 Å². The third kappa shape index (κ3) is 4.08. The Balaban J connectivity index is 1.45. The maximum atomic E-state index is 14.1. The van der Waals surface area contributed by atoms with Gasteiger partial charge in [-0.15, -0.1) is 0 Å². The highest BCUT2D eigenvalue weighted by molar-refractivity contribution is 5.94. The summed E-state index contributed by atoms with van der Waals surface area (Å²) in [5.74, 6) is 0.718. The van der Waals surface area contributed by atoms with Crippen LogP contribution in [0, 0.1) is 11.7 Å². The minimum atomic E-state index is -0.396. The number of rotatable bonds is 5. The van der Waals surface area contributed by atoms with E-state index in [1.54, 1.807) is 24.3 Å². The number of ether oxygens (including phenoxy) is 1. The van der Waals surface area contributed by atoms with Gasteiger partial charge in [0.1, 0.15) is 0 Å². The molecule has 27 heavy (non-hydrogen) atoms. The van der Waals surface area contributed by atoms with Gasteiger partial charge in [-0.05, 0) is 31.4 Å². The van der Waals surface area contributed by atoms with Crippen LogP contribution in [-0.2, 0) is 4.74 Å². The van der Waals surface area contributed by atoms with Gasteiger partial charge in [0.25, 0.3) is 5.91 Å². The fourth-order valence-electron chi connectivity index (χ4n) is 3.50. The predicted molar refractivity (Wildman–Crippen MR) is 100 cm³/mol. The zero-order chi connectivity index (χ0) is 18.6. The second kappa shape index (κ2) is 8.00. The summed E-state index contributed by atoms with van der Waals surface area (Å²) in [5, 5.41) is 2.95. The number of benzene rings is 1. The Labute approximate surface area is 157 Å². The van der Waals surface area contributed by atoms with E-state index in [1.807, 2.05) is 4.90 Å². The first-order chi connectivity index (χ1) is 13.2. The van der Waals surface area contributed by atoms with Gasteiger partial charge >= 0.3 is 0 Å². The summed E-state index contributed by atoms with van der Waals surface area (Å²) >= 11 is 0. The molecular formula is C20H23FN4O2. The number of carbonyl (C=O) groups is 1. The molecule has 0 aliphatic carbocycles. The average Bonchev–Trinajstić information content (AvgIpc) is 3.41. The van der Waals surface area contributed by atoms with Crippen molar-refractivity contribution in [3.63, 3.8) is 0 Å². The van der Waals surface area contributed by atoms with Crippen LogP contribution in [0.15, 0.2) is 30.5 Å². The summed E-state index contributed by atoms with van der Waals surface area (Å²) in [6.07, 6.45) is 4.31. The molecule has 1 aromatic heterocycles. The monoisotopic (exact) mass is 370 g/mol. The quantitative estimate of drug-likeness (QED) is 0.876. The number of nitrogens with zero attached hydrogens (tertiary/aromatic N) is 3. The molecule has 3 heterocycles. The molecule has 2 saturated heterocycles. The molecule has 7 heteroatoms. The fourth-order valence-corrected chi connectivity index (χ4v) is 3.50. The average molecular weight is 370 g/mol. The van der Waals surface area contributed by atoms with Crippen LogP contribution < -0.4 is 10.2 Å². The molecule has 1 aromatic carbocycles. The lowest BCUT2D eigenvalue weighted by atomic mass is 10.1. The largest absolute Gasteiger partial charge is 0.381 e. The maximum absolute atomic E-state index is 14.1. The van der Waals surface area contributed by atoms with E-state index in [2.05, 4.69) is 15.3 Å². The lowest BCUT2D eigenvalue weighted by Crippen LogP contribution is -2.29. The van der Waals surface area contributed by atoms with Crippen molar-refractivity contribution in [2.24, 2.45) is 5.92 Å². The first kappa shape index (κ1) is 17.9. The Morgan fingerprint density at radius 2 is 2.04 bits per heavy atom. The molecule has 0 saturated carbocycles. The van der Waals surface area contributed by atoms with Crippen molar-refractivity contribution in [2.45, 2.75) is 19.3 Å². The van der Waals surface area contributed by atoms with Crippen LogP contribution in [0.5, 0.6) is 0 Å². The van der Waals surface area contributed by atoms with Gasteiger partial charge in [-0.2, -0.15) is 0 Å². The Morgan fingerprint density at radius 1 is 1.26 bits per heavy atom. The first-order valence-corrected chi connectivity index (χ1v) is 9.44. The van der Waals surface area contributed by atoms with Crippen molar-refractivity contribution in [3.8, 4) is 11.4 Å². The molecule has 0 radical (unpaired) electrons. The maximum Gasteiger partial charge on any atom is 0.251 e. The SMILES string of the molecule is O=C(NC[C@H]1CCOC1)c1ccc(-c2ncc(F)c(N3CCCC3)n2)cc1. The van der Waals surface area contributed by atoms with Crippen molar-refractivity contribution in [1.82, 2.24) is 15.3 Å². The van der Waals surface area contributed by atoms with Crippen molar-refractivity contribution in [1.29, 1.82) is 0 Å². The summed E-state index contributed by atoms with van der Waals surface area (Å²) in [4.78, 5) is 22.8. The van der Waals surface area contributed by atoms with Crippen LogP contribution in [0.25, 0.3) is 11.4 Å². The Hall–Kier alpha value is -2.54. The lowest BCUT2D eigenvalue weighted by molar-refractivity contribution is 0.0945. The topological polar surface area (TPSA) is 67.3 Å². The highest BCUT2D eigenvalue weighted by Gasteiger charge is 2.20. The van der Waals surface area contributed by atoms with Crippen LogP contribution in [0.3, 0.4) is 0 Å². The molecule has 2 fully saturated rings. The molecule has 0 unspecified atom stereocenters. The van der Waals surface area contributed by atoms with E-state index in [4.69, 9.17) is 4.74 Å². The Bertz CT molecular complexity index is 800. The molecule has 2 aromatic rings. The summed E-state index contributed by atoms with van der Waals surface area (Å²) in [5.41, 5.74) is 1.34. The van der Waals surface area contributed by atoms with Crippen molar-refractivity contribution in [2.75, 3.05) is 37.7 Å². The number of nitrogens with one attached hydrogen (secondary N) is 1. The minimum absolute atomic E-state index is 0.105. The van der Waals surface area contributed by atoms with Gasteiger partial charge in [-0.25, -0.2) is 14.4 Å². The molecule has 1 atom stereocenters. The number of hydrogen-bond donors (Lipinski definition) is 1. The van der Waals surface area contributed by atoms with E-state index >= 15 is 0 Å². The third-order valence-electron chi connectivity index (χ3n) is 5.11. The molecule has 0 bridgehead atoms. The van der Waals surface area contributed by atoms with Crippen molar-refractivity contribution >= 4 is 11.7 Å². The van der Waals surface area contributed by atoms with Gasteiger partial charge in [0.15, 0.2) is 17.5 Å². The number of amides is 1. The van der Waals surface area contributed by atoms with Gasteiger partial charge < -0.3 is 15.0 Å². The molecule has 6 nitrogen and oxygen atoms in total. The Kier molecular flexibility index (Phi) is 5.29. The van der Waals surface area contributed by atoms with Gasteiger partial charge in [0.2, 0.25) is 0 Å². The number of carbonyl (C=O) groups excluding carboxylic acids is 1. The zero-order valence-corrected chi connectivity index (χ0v) is 15.2. The molecule has 2 aliphatic rings. The second-order valence-electron chi connectivity index (χ2n) is 7.08. The normalized spacial score (nSPS) is 19.4.